The Bertz CT molecular complexity index is 477. The minimum Gasteiger partial charge on any atom is -0.380 e. The van der Waals surface area contributed by atoms with Gasteiger partial charge in [0.15, 0.2) is 0 Å². The Labute approximate surface area is 120 Å². The van der Waals surface area contributed by atoms with Gasteiger partial charge in [-0.05, 0) is 47.2 Å². The van der Waals surface area contributed by atoms with Crippen LogP contribution in [0.25, 0.3) is 0 Å². The first-order chi connectivity index (χ1) is 8.50. The van der Waals surface area contributed by atoms with Crippen molar-refractivity contribution in [3.8, 4) is 0 Å². The van der Waals surface area contributed by atoms with Crippen molar-refractivity contribution in [3.63, 3.8) is 0 Å². The summed E-state index contributed by atoms with van der Waals surface area (Å²) in [5.41, 5.74) is 1.18. The molecule has 18 heavy (non-hydrogen) atoms. The van der Waals surface area contributed by atoms with Crippen LogP contribution >= 0.6 is 22.6 Å². The second-order valence-corrected chi connectivity index (χ2v) is 6.97. The molecule has 1 aliphatic carbocycles. The first kappa shape index (κ1) is 12.7. The van der Waals surface area contributed by atoms with Gasteiger partial charge in [0, 0.05) is 33.2 Å². The highest BCUT2D eigenvalue weighted by atomic mass is 127. The van der Waals surface area contributed by atoms with Crippen molar-refractivity contribution in [2.45, 2.75) is 32.4 Å². The van der Waals surface area contributed by atoms with Crippen molar-refractivity contribution in [2.75, 3.05) is 11.9 Å². The molecule has 0 radical (unpaired) electrons. The van der Waals surface area contributed by atoms with Gasteiger partial charge in [0.05, 0.1) is 6.10 Å². The highest BCUT2D eigenvalue weighted by Gasteiger charge is 2.59. The summed E-state index contributed by atoms with van der Waals surface area (Å²) in [6, 6.07) is 5.33. The van der Waals surface area contributed by atoms with E-state index in [0.29, 0.717) is 18.1 Å². The lowest BCUT2D eigenvalue weighted by molar-refractivity contribution is -0.0923. The lowest BCUT2D eigenvalue weighted by atomic mass is 9.57. The van der Waals surface area contributed by atoms with Crippen LogP contribution in [0.2, 0.25) is 0 Å². The first-order valence-corrected chi connectivity index (χ1v) is 7.41. The number of hydrogen-bond donors (Lipinski definition) is 1. The molecule has 0 bridgehead atoms. The zero-order valence-electron chi connectivity index (χ0n) is 10.5. The summed E-state index contributed by atoms with van der Waals surface area (Å²) >= 11 is 2.18. The average Bonchev–Trinajstić information content (AvgIpc) is 2.74. The van der Waals surface area contributed by atoms with Crippen LogP contribution in [-0.2, 0) is 4.74 Å². The number of fused-ring (bicyclic) bond motifs is 1. The Morgan fingerprint density at radius 1 is 1.44 bits per heavy atom. The Morgan fingerprint density at radius 2 is 2.22 bits per heavy atom. The smallest absolute Gasteiger partial charge is 0.124 e. The summed E-state index contributed by atoms with van der Waals surface area (Å²) in [5.74, 6) is 0.417. The molecule has 0 amide bonds. The molecule has 98 valence electrons. The third kappa shape index (κ3) is 1.84. The van der Waals surface area contributed by atoms with Crippen LogP contribution in [0, 0.1) is 20.7 Å². The summed E-state index contributed by atoms with van der Waals surface area (Å²) in [7, 11) is 0. The molecule has 1 aliphatic heterocycles. The van der Waals surface area contributed by atoms with Gasteiger partial charge in [-0.1, -0.05) is 13.8 Å². The quantitative estimate of drug-likeness (QED) is 0.812. The lowest BCUT2D eigenvalue weighted by Crippen LogP contribution is -2.63. The van der Waals surface area contributed by atoms with Crippen LogP contribution in [0.1, 0.15) is 20.3 Å². The number of nitrogens with one attached hydrogen (secondary N) is 1. The normalized spacial score (nSPS) is 32.8. The minimum absolute atomic E-state index is 0.151. The maximum atomic E-state index is 13.1. The Balaban J connectivity index is 1.80. The van der Waals surface area contributed by atoms with Crippen LogP contribution in [-0.4, -0.2) is 18.8 Å². The van der Waals surface area contributed by atoms with E-state index in [1.54, 1.807) is 6.07 Å². The molecule has 1 saturated heterocycles. The lowest BCUT2D eigenvalue weighted by Gasteiger charge is -2.55. The van der Waals surface area contributed by atoms with Gasteiger partial charge < -0.3 is 10.1 Å². The highest BCUT2D eigenvalue weighted by Crippen LogP contribution is 2.53. The largest absolute Gasteiger partial charge is 0.380 e. The third-order valence-corrected chi connectivity index (χ3v) is 5.24. The van der Waals surface area contributed by atoms with Crippen molar-refractivity contribution in [1.29, 1.82) is 0 Å². The number of halogens is 2. The van der Waals surface area contributed by atoms with Crippen molar-refractivity contribution >= 4 is 28.3 Å². The van der Waals surface area contributed by atoms with Crippen molar-refractivity contribution in [1.82, 2.24) is 0 Å². The molecule has 1 heterocycles. The number of anilines is 1. The third-order valence-electron chi connectivity index (χ3n) is 4.34. The van der Waals surface area contributed by atoms with Crippen LogP contribution < -0.4 is 5.32 Å². The van der Waals surface area contributed by atoms with Gasteiger partial charge >= 0.3 is 0 Å². The van der Waals surface area contributed by atoms with Crippen molar-refractivity contribution < 1.29 is 9.13 Å². The van der Waals surface area contributed by atoms with E-state index in [4.69, 9.17) is 4.74 Å². The Hall–Kier alpha value is -0.360. The molecule has 4 heteroatoms. The van der Waals surface area contributed by atoms with Crippen LogP contribution in [0.15, 0.2) is 18.2 Å². The second-order valence-electron chi connectivity index (χ2n) is 5.81. The van der Waals surface area contributed by atoms with E-state index in [2.05, 4.69) is 41.8 Å². The standard InChI is InChI=1S/C14H17FINO/c1-14(2)12(9-5-6-18-13(9)14)17-11-4-3-8(15)7-10(11)16/h3-4,7,9,12-13,17H,5-6H2,1-2H3. The van der Waals surface area contributed by atoms with Gasteiger partial charge in [-0.25, -0.2) is 4.39 Å². The Kier molecular flexibility index (Phi) is 3.05. The predicted octanol–water partition coefficient (Wildman–Crippen LogP) is 3.66. The van der Waals surface area contributed by atoms with Crippen molar-refractivity contribution in [2.24, 2.45) is 11.3 Å². The second kappa shape index (κ2) is 4.34. The van der Waals surface area contributed by atoms with E-state index in [1.165, 1.54) is 6.07 Å². The summed E-state index contributed by atoms with van der Waals surface area (Å²) in [6.07, 6.45) is 1.51. The topological polar surface area (TPSA) is 21.3 Å². The fraction of sp³-hybridized carbons (Fsp3) is 0.571. The molecule has 1 saturated carbocycles. The van der Waals surface area contributed by atoms with E-state index >= 15 is 0 Å². The molecule has 0 aromatic heterocycles. The highest BCUT2D eigenvalue weighted by molar-refractivity contribution is 14.1. The molecule has 1 aromatic carbocycles. The zero-order valence-corrected chi connectivity index (χ0v) is 12.7. The number of hydrogen-bond acceptors (Lipinski definition) is 2. The van der Waals surface area contributed by atoms with Gasteiger partial charge in [0.2, 0.25) is 0 Å². The zero-order chi connectivity index (χ0) is 12.9. The van der Waals surface area contributed by atoms with E-state index in [1.807, 2.05) is 6.07 Å². The van der Waals surface area contributed by atoms with E-state index in [-0.39, 0.29) is 11.2 Å². The van der Waals surface area contributed by atoms with Crippen LogP contribution in [0.5, 0.6) is 0 Å². The fourth-order valence-corrected chi connectivity index (χ4v) is 4.02. The summed E-state index contributed by atoms with van der Waals surface area (Å²) < 4.78 is 19.8. The fourth-order valence-electron chi connectivity index (χ4n) is 3.39. The van der Waals surface area contributed by atoms with Gasteiger partial charge in [0.1, 0.15) is 5.82 Å². The summed E-state index contributed by atoms with van der Waals surface area (Å²) in [5, 5.41) is 3.58. The molecule has 3 atom stereocenters. The SMILES string of the molecule is CC1(C)C(Nc2ccc(F)cc2I)C2CCOC21. The summed E-state index contributed by atoms with van der Waals surface area (Å²) in [4.78, 5) is 0. The molecule has 0 spiro atoms. The number of ether oxygens (including phenoxy) is 1. The van der Waals surface area contributed by atoms with Gasteiger partial charge in [-0.3, -0.25) is 0 Å². The van der Waals surface area contributed by atoms with E-state index in [0.717, 1.165) is 22.3 Å². The molecular weight excluding hydrogens is 344 g/mol. The number of benzene rings is 1. The van der Waals surface area contributed by atoms with Gasteiger partial charge in [-0.15, -0.1) is 0 Å². The molecule has 2 nitrogen and oxygen atoms in total. The molecule has 1 N–H and O–H groups in total. The Morgan fingerprint density at radius 3 is 2.94 bits per heavy atom. The molecule has 2 aliphatic rings. The molecule has 3 unspecified atom stereocenters. The maximum Gasteiger partial charge on any atom is 0.124 e. The van der Waals surface area contributed by atoms with Crippen molar-refractivity contribution in [3.05, 3.63) is 27.6 Å². The average molecular weight is 361 g/mol. The van der Waals surface area contributed by atoms with Crippen LogP contribution in [0.3, 0.4) is 0 Å². The molecule has 3 rings (SSSR count). The van der Waals surface area contributed by atoms with E-state index in [9.17, 15) is 4.39 Å². The van der Waals surface area contributed by atoms with Gasteiger partial charge in [0.25, 0.3) is 0 Å². The summed E-state index contributed by atoms with van der Waals surface area (Å²) in [6.45, 7) is 5.36. The number of rotatable bonds is 2. The molecule has 2 fully saturated rings. The molecule has 1 aromatic rings. The van der Waals surface area contributed by atoms with E-state index < -0.39 is 0 Å². The first-order valence-electron chi connectivity index (χ1n) is 6.33. The monoisotopic (exact) mass is 361 g/mol. The van der Waals surface area contributed by atoms with Crippen LogP contribution in [0.4, 0.5) is 10.1 Å². The minimum atomic E-state index is -0.181. The van der Waals surface area contributed by atoms with Gasteiger partial charge in [-0.2, -0.15) is 0 Å². The molecular formula is C14H17FINO. The predicted molar refractivity (Wildman–Crippen MR) is 78.2 cm³/mol. The maximum absolute atomic E-state index is 13.1.